The molecule has 0 atom stereocenters. The molecule has 0 aromatic carbocycles. The van der Waals surface area contributed by atoms with Crippen LogP contribution in [-0.2, 0) is 17.8 Å². The van der Waals surface area contributed by atoms with Crippen molar-refractivity contribution in [2.45, 2.75) is 46.2 Å². The van der Waals surface area contributed by atoms with Crippen LogP contribution in [0.5, 0.6) is 0 Å². The molecule has 0 aliphatic rings. The summed E-state index contributed by atoms with van der Waals surface area (Å²) in [6, 6.07) is 0. The van der Waals surface area contributed by atoms with E-state index in [1.165, 1.54) is 0 Å². The molecule has 0 spiro atoms. The van der Waals surface area contributed by atoms with Crippen LogP contribution in [-0.4, -0.2) is 40.1 Å². The molecule has 5 heteroatoms. The minimum Gasteiger partial charge on any atom is -0.298 e. The molecule has 4 nitrogen and oxygen atoms in total. The fraction of sp³-hybridized carbons (Fsp3) is 0.692. The zero-order valence-electron chi connectivity index (χ0n) is 12.0. The molecule has 0 radical (unpaired) electrons. The van der Waals surface area contributed by atoms with Gasteiger partial charge in [0.1, 0.15) is 0 Å². The topological polar surface area (TPSA) is 38.1 Å². The fourth-order valence-corrected chi connectivity index (χ4v) is 2.08. The Balaban J connectivity index is 3.02. The van der Waals surface area contributed by atoms with Crippen LogP contribution in [0.15, 0.2) is 4.47 Å². The van der Waals surface area contributed by atoms with Crippen LogP contribution in [0.4, 0.5) is 0 Å². The quantitative estimate of drug-likeness (QED) is 0.837. The largest absolute Gasteiger partial charge is 0.298 e. The van der Waals surface area contributed by atoms with Gasteiger partial charge in [-0.25, -0.2) is 0 Å². The lowest BCUT2D eigenvalue weighted by Crippen LogP contribution is -2.46. The van der Waals surface area contributed by atoms with E-state index in [2.05, 4.69) is 21.0 Å². The summed E-state index contributed by atoms with van der Waals surface area (Å²) in [5, 5.41) is 4.41. The molecule has 1 rings (SSSR count). The Morgan fingerprint density at radius 2 is 2.00 bits per heavy atom. The third-order valence-electron chi connectivity index (χ3n) is 3.58. The fourth-order valence-electron chi connectivity index (χ4n) is 1.66. The summed E-state index contributed by atoms with van der Waals surface area (Å²) in [6.45, 7) is 8.65. The number of rotatable bonds is 5. The van der Waals surface area contributed by atoms with Crippen molar-refractivity contribution in [1.82, 2.24) is 14.7 Å². The van der Waals surface area contributed by atoms with Crippen molar-refractivity contribution in [3.05, 3.63) is 15.9 Å². The minimum absolute atomic E-state index is 0.197. The first-order valence-corrected chi connectivity index (χ1v) is 6.93. The number of hydrogen-bond acceptors (Lipinski definition) is 3. The van der Waals surface area contributed by atoms with Gasteiger partial charge in [0, 0.05) is 6.54 Å². The molecule has 0 aliphatic carbocycles. The number of nitrogens with zero attached hydrogens (tertiary/aromatic N) is 3. The Hall–Kier alpha value is -0.680. The summed E-state index contributed by atoms with van der Waals surface area (Å²) >= 11 is 3.52. The molecule has 0 saturated carbocycles. The van der Waals surface area contributed by atoms with Crippen molar-refractivity contribution in [2.24, 2.45) is 0 Å². The van der Waals surface area contributed by atoms with E-state index in [0.29, 0.717) is 6.42 Å². The van der Waals surface area contributed by atoms with Gasteiger partial charge in [0.15, 0.2) is 5.78 Å². The number of aryl methyl sites for hydroxylation is 2. The van der Waals surface area contributed by atoms with Crippen LogP contribution >= 0.6 is 15.9 Å². The van der Waals surface area contributed by atoms with E-state index in [4.69, 9.17) is 0 Å². The second-order valence-corrected chi connectivity index (χ2v) is 6.01. The molecular weight excluding hydrogens is 294 g/mol. The number of Topliss-reactive ketones (excluding diaryl/α,β-unsaturated/α-hetero) is 1. The Labute approximate surface area is 117 Å². The smallest absolute Gasteiger partial charge is 0.158 e. The van der Waals surface area contributed by atoms with Crippen LogP contribution in [0.25, 0.3) is 0 Å². The van der Waals surface area contributed by atoms with Gasteiger partial charge in [-0.2, -0.15) is 5.10 Å². The monoisotopic (exact) mass is 315 g/mol. The van der Waals surface area contributed by atoms with E-state index in [1.807, 2.05) is 51.4 Å². The van der Waals surface area contributed by atoms with Gasteiger partial charge in [0.05, 0.1) is 27.8 Å². The zero-order chi connectivity index (χ0) is 14.1. The average molecular weight is 316 g/mol. The van der Waals surface area contributed by atoms with Gasteiger partial charge >= 0.3 is 0 Å². The summed E-state index contributed by atoms with van der Waals surface area (Å²) in [6.07, 6.45) is 0.403. The Bertz CT molecular complexity index is 449. The SMILES string of the molecule is CCn1nc(C)c(Br)c1CC(=O)C(C)(C)N(C)C. The third-order valence-corrected chi connectivity index (χ3v) is 4.61. The number of ketones is 1. The van der Waals surface area contributed by atoms with E-state index in [9.17, 15) is 4.79 Å². The van der Waals surface area contributed by atoms with Gasteiger partial charge in [0.25, 0.3) is 0 Å². The maximum Gasteiger partial charge on any atom is 0.158 e. The van der Waals surface area contributed by atoms with Crippen LogP contribution in [0.1, 0.15) is 32.2 Å². The molecular formula is C13H22BrN3O. The van der Waals surface area contributed by atoms with Gasteiger partial charge in [-0.05, 0) is 57.7 Å². The van der Waals surface area contributed by atoms with Crippen molar-refractivity contribution >= 4 is 21.7 Å². The van der Waals surface area contributed by atoms with E-state index in [-0.39, 0.29) is 5.78 Å². The number of hydrogen-bond donors (Lipinski definition) is 0. The van der Waals surface area contributed by atoms with E-state index < -0.39 is 5.54 Å². The van der Waals surface area contributed by atoms with Crippen molar-refractivity contribution in [3.8, 4) is 0 Å². The van der Waals surface area contributed by atoms with Crippen molar-refractivity contribution in [1.29, 1.82) is 0 Å². The number of likely N-dealkylation sites (N-methyl/N-ethyl adjacent to an activating group) is 1. The van der Waals surface area contributed by atoms with Crippen molar-refractivity contribution in [3.63, 3.8) is 0 Å². The standard InChI is InChI=1S/C13H22BrN3O/c1-7-17-10(12(14)9(2)15-17)8-11(18)13(3,4)16(5)6/h7-8H2,1-6H3. The second kappa shape index (κ2) is 5.53. The van der Waals surface area contributed by atoms with E-state index in [0.717, 1.165) is 22.4 Å². The molecule has 0 bridgehead atoms. The second-order valence-electron chi connectivity index (χ2n) is 5.22. The highest BCUT2D eigenvalue weighted by Gasteiger charge is 2.31. The number of halogens is 1. The summed E-state index contributed by atoms with van der Waals surface area (Å²) < 4.78 is 2.84. The Morgan fingerprint density at radius 3 is 2.44 bits per heavy atom. The average Bonchev–Trinajstić information content (AvgIpc) is 2.56. The van der Waals surface area contributed by atoms with Crippen LogP contribution < -0.4 is 0 Å². The normalized spacial score (nSPS) is 12.2. The van der Waals surface area contributed by atoms with Gasteiger partial charge in [-0.1, -0.05) is 0 Å². The number of carbonyl (C=O) groups is 1. The first-order chi connectivity index (χ1) is 8.21. The minimum atomic E-state index is -0.462. The van der Waals surface area contributed by atoms with Gasteiger partial charge in [0.2, 0.25) is 0 Å². The molecule has 1 heterocycles. The lowest BCUT2D eigenvalue weighted by molar-refractivity contribution is -0.127. The zero-order valence-corrected chi connectivity index (χ0v) is 13.6. The molecule has 0 unspecified atom stereocenters. The van der Waals surface area contributed by atoms with Crippen LogP contribution in [0, 0.1) is 6.92 Å². The molecule has 0 N–H and O–H groups in total. The maximum absolute atomic E-state index is 12.4. The van der Waals surface area contributed by atoms with Crippen LogP contribution in [0.3, 0.4) is 0 Å². The summed E-state index contributed by atoms with van der Waals surface area (Å²) in [5.41, 5.74) is 1.44. The highest BCUT2D eigenvalue weighted by molar-refractivity contribution is 9.10. The molecule has 1 aromatic heterocycles. The molecule has 18 heavy (non-hydrogen) atoms. The first-order valence-electron chi connectivity index (χ1n) is 6.14. The highest BCUT2D eigenvalue weighted by atomic mass is 79.9. The molecule has 0 amide bonds. The predicted molar refractivity (Wildman–Crippen MR) is 76.8 cm³/mol. The molecule has 102 valence electrons. The van der Waals surface area contributed by atoms with E-state index in [1.54, 1.807) is 0 Å². The molecule has 0 saturated heterocycles. The van der Waals surface area contributed by atoms with Crippen molar-refractivity contribution in [2.75, 3.05) is 14.1 Å². The predicted octanol–water partition coefficient (Wildman–Crippen LogP) is 2.43. The Kier molecular flexibility index (Phi) is 4.72. The molecule has 1 aromatic rings. The number of aromatic nitrogens is 2. The first kappa shape index (κ1) is 15.4. The van der Waals surface area contributed by atoms with E-state index >= 15 is 0 Å². The highest BCUT2D eigenvalue weighted by Crippen LogP contribution is 2.24. The molecule has 0 fully saturated rings. The number of carbonyl (C=O) groups excluding carboxylic acids is 1. The van der Waals surface area contributed by atoms with Gasteiger partial charge in [-0.3, -0.25) is 14.4 Å². The summed E-state index contributed by atoms with van der Waals surface area (Å²) in [7, 11) is 3.85. The van der Waals surface area contributed by atoms with Gasteiger partial charge < -0.3 is 0 Å². The van der Waals surface area contributed by atoms with Crippen LogP contribution in [0.2, 0.25) is 0 Å². The lowest BCUT2D eigenvalue weighted by atomic mass is 9.94. The lowest BCUT2D eigenvalue weighted by Gasteiger charge is -2.31. The van der Waals surface area contributed by atoms with Crippen molar-refractivity contribution < 1.29 is 4.79 Å². The summed E-state index contributed by atoms with van der Waals surface area (Å²) in [4.78, 5) is 14.3. The molecule has 0 aliphatic heterocycles. The maximum atomic E-state index is 12.4. The third kappa shape index (κ3) is 2.83. The van der Waals surface area contributed by atoms with Gasteiger partial charge in [-0.15, -0.1) is 0 Å². The summed E-state index contributed by atoms with van der Waals surface area (Å²) in [5.74, 6) is 0.197. The Morgan fingerprint density at radius 1 is 1.44 bits per heavy atom.